The van der Waals surface area contributed by atoms with Gasteiger partial charge in [-0.05, 0) is 35.9 Å². The predicted molar refractivity (Wildman–Crippen MR) is 87.8 cm³/mol. The summed E-state index contributed by atoms with van der Waals surface area (Å²) in [5.41, 5.74) is 6.30. The first-order chi connectivity index (χ1) is 11.3. The van der Waals surface area contributed by atoms with Crippen LogP contribution in [-0.2, 0) is 13.0 Å². The lowest BCUT2D eigenvalue weighted by molar-refractivity contribution is 0.475. The maximum atomic E-state index is 9.41. The van der Waals surface area contributed by atoms with Crippen LogP contribution in [0.5, 0.6) is 5.75 Å². The second-order valence-electron chi connectivity index (χ2n) is 5.35. The van der Waals surface area contributed by atoms with Gasteiger partial charge in [0.2, 0.25) is 0 Å². The SMILES string of the molecule is Oc1ccc(-c2cnc3n2NC(=NCc2cccnc2)C3)cc1. The van der Waals surface area contributed by atoms with E-state index in [-0.39, 0.29) is 5.75 Å². The quantitative estimate of drug-likeness (QED) is 0.779. The standard InChI is InChI=1S/C17H15N5O/c23-14-5-3-13(4-6-14)15-11-20-17-8-16(21-22(15)17)19-10-12-2-1-7-18-9-12/h1-7,9,11,23H,8,10H2,(H,19,21). The molecule has 6 nitrogen and oxygen atoms in total. The molecule has 3 aromatic rings. The summed E-state index contributed by atoms with van der Waals surface area (Å²) in [6.45, 7) is 0.593. The molecule has 0 saturated carbocycles. The van der Waals surface area contributed by atoms with Crippen LogP contribution in [0.25, 0.3) is 11.3 Å². The van der Waals surface area contributed by atoms with Crippen LogP contribution >= 0.6 is 0 Å². The van der Waals surface area contributed by atoms with Crippen molar-refractivity contribution in [3.05, 3.63) is 66.4 Å². The number of hydrogen-bond acceptors (Lipinski definition) is 4. The molecule has 0 aliphatic carbocycles. The van der Waals surface area contributed by atoms with Gasteiger partial charge in [0.15, 0.2) is 0 Å². The average Bonchev–Trinajstić information content (AvgIpc) is 3.15. The fourth-order valence-electron chi connectivity index (χ4n) is 2.56. The Morgan fingerprint density at radius 1 is 1.17 bits per heavy atom. The number of amidine groups is 1. The second kappa shape index (κ2) is 5.57. The normalized spacial score (nSPS) is 14.7. The minimum Gasteiger partial charge on any atom is -0.508 e. The number of aromatic nitrogens is 3. The highest BCUT2D eigenvalue weighted by Gasteiger charge is 2.21. The van der Waals surface area contributed by atoms with Crippen molar-refractivity contribution in [3.63, 3.8) is 0 Å². The van der Waals surface area contributed by atoms with E-state index < -0.39 is 0 Å². The van der Waals surface area contributed by atoms with Crippen molar-refractivity contribution in [2.75, 3.05) is 5.43 Å². The molecule has 0 fully saturated rings. The molecule has 114 valence electrons. The zero-order valence-electron chi connectivity index (χ0n) is 12.3. The first-order valence-corrected chi connectivity index (χ1v) is 7.35. The second-order valence-corrected chi connectivity index (χ2v) is 5.35. The molecule has 0 bridgehead atoms. The highest BCUT2D eigenvalue weighted by Crippen LogP contribution is 2.24. The van der Waals surface area contributed by atoms with E-state index in [0.29, 0.717) is 13.0 Å². The maximum absolute atomic E-state index is 9.41. The Balaban J connectivity index is 1.55. The van der Waals surface area contributed by atoms with E-state index in [9.17, 15) is 5.11 Å². The van der Waals surface area contributed by atoms with Crippen LogP contribution in [0.15, 0.2) is 60.0 Å². The van der Waals surface area contributed by atoms with Crippen molar-refractivity contribution in [2.24, 2.45) is 4.99 Å². The number of hydrogen-bond donors (Lipinski definition) is 2. The number of pyridine rings is 1. The van der Waals surface area contributed by atoms with E-state index in [1.807, 2.05) is 41.3 Å². The molecule has 0 amide bonds. The number of aliphatic imine (C=N–C) groups is 1. The number of imidazole rings is 1. The molecule has 2 aromatic heterocycles. The third-order valence-corrected chi connectivity index (χ3v) is 3.74. The lowest BCUT2D eigenvalue weighted by atomic mass is 10.2. The van der Waals surface area contributed by atoms with Crippen molar-refractivity contribution in [1.82, 2.24) is 14.6 Å². The summed E-state index contributed by atoms with van der Waals surface area (Å²) in [5, 5.41) is 9.41. The maximum Gasteiger partial charge on any atom is 0.136 e. The lowest BCUT2D eigenvalue weighted by Gasteiger charge is -2.07. The van der Waals surface area contributed by atoms with Crippen molar-refractivity contribution < 1.29 is 5.11 Å². The molecule has 0 radical (unpaired) electrons. The van der Waals surface area contributed by atoms with Gasteiger partial charge in [-0.15, -0.1) is 0 Å². The summed E-state index contributed by atoms with van der Waals surface area (Å²) < 4.78 is 1.94. The summed E-state index contributed by atoms with van der Waals surface area (Å²) in [7, 11) is 0. The van der Waals surface area contributed by atoms with Gasteiger partial charge >= 0.3 is 0 Å². The number of phenolic OH excluding ortho intramolecular Hbond substituents is 1. The van der Waals surface area contributed by atoms with Crippen LogP contribution in [0.2, 0.25) is 0 Å². The molecule has 2 N–H and O–H groups in total. The van der Waals surface area contributed by atoms with Gasteiger partial charge in [-0.3, -0.25) is 15.4 Å². The van der Waals surface area contributed by atoms with Gasteiger partial charge in [0.05, 0.1) is 24.9 Å². The summed E-state index contributed by atoms with van der Waals surface area (Å²) in [4.78, 5) is 13.1. The third-order valence-electron chi connectivity index (χ3n) is 3.74. The summed E-state index contributed by atoms with van der Waals surface area (Å²) in [5.74, 6) is 2.07. The van der Waals surface area contributed by atoms with E-state index in [1.165, 1.54) is 0 Å². The van der Waals surface area contributed by atoms with E-state index in [1.54, 1.807) is 18.3 Å². The van der Waals surface area contributed by atoms with Gasteiger partial charge in [0.25, 0.3) is 0 Å². The number of benzene rings is 1. The number of fused-ring (bicyclic) bond motifs is 1. The van der Waals surface area contributed by atoms with Crippen molar-refractivity contribution in [3.8, 4) is 17.0 Å². The van der Waals surface area contributed by atoms with Crippen LogP contribution in [0.1, 0.15) is 11.4 Å². The first kappa shape index (κ1) is 13.5. The minimum atomic E-state index is 0.251. The van der Waals surface area contributed by atoms with Gasteiger partial charge in [0, 0.05) is 18.0 Å². The molecule has 0 spiro atoms. The fourth-order valence-corrected chi connectivity index (χ4v) is 2.56. The predicted octanol–water partition coefficient (Wildman–Crippen LogP) is 2.35. The molecule has 4 rings (SSSR count). The van der Waals surface area contributed by atoms with E-state index >= 15 is 0 Å². The van der Waals surface area contributed by atoms with Crippen LogP contribution in [0.4, 0.5) is 0 Å². The first-order valence-electron chi connectivity index (χ1n) is 7.35. The molecule has 1 aliphatic heterocycles. The van der Waals surface area contributed by atoms with Gasteiger partial charge in [-0.25, -0.2) is 9.66 Å². The Morgan fingerprint density at radius 2 is 2.04 bits per heavy atom. The Hall–Kier alpha value is -3.15. The number of rotatable bonds is 3. The molecule has 6 heteroatoms. The largest absolute Gasteiger partial charge is 0.508 e. The number of aromatic hydroxyl groups is 1. The number of nitrogens with zero attached hydrogens (tertiary/aromatic N) is 4. The third kappa shape index (κ3) is 2.66. The Labute approximate surface area is 133 Å². The van der Waals surface area contributed by atoms with Gasteiger partial charge in [-0.1, -0.05) is 6.07 Å². The zero-order chi connectivity index (χ0) is 15.6. The molecule has 1 aromatic carbocycles. The molecule has 0 atom stereocenters. The molecule has 0 unspecified atom stereocenters. The van der Waals surface area contributed by atoms with Crippen LogP contribution < -0.4 is 5.43 Å². The van der Waals surface area contributed by atoms with Crippen LogP contribution in [0, 0.1) is 0 Å². The van der Waals surface area contributed by atoms with Gasteiger partial charge in [0.1, 0.15) is 17.4 Å². The monoisotopic (exact) mass is 305 g/mol. The molecule has 1 aliphatic rings. The minimum absolute atomic E-state index is 0.251. The van der Waals surface area contributed by atoms with Gasteiger partial charge < -0.3 is 5.11 Å². The fraction of sp³-hybridized carbons (Fsp3) is 0.118. The Morgan fingerprint density at radius 3 is 2.83 bits per heavy atom. The van der Waals surface area contributed by atoms with E-state index in [2.05, 4.69) is 20.4 Å². The molecule has 0 saturated heterocycles. The molecular weight excluding hydrogens is 290 g/mol. The van der Waals surface area contributed by atoms with Gasteiger partial charge in [-0.2, -0.15) is 0 Å². The molecule has 3 heterocycles. The van der Waals surface area contributed by atoms with E-state index in [0.717, 1.165) is 28.5 Å². The topological polar surface area (TPSA) is 75.3 Å². The zero-order valence-corrected chi connectivity index (χ0v) is 12.3. The average molecular weight is 305 g/mol. The molecule has 23 heavy (non-hydrogen) atoms. The summed E-state index contributed by atoms with van der Waals surface area (Å²) in [6, 6.07) is 11.0. The Bertz CT molecular complexity index is 852. The van der Waals surface area contributed by atoms with Crippen LogP contribution in [-0.4, -0.2) is 25.6 Å². The summed E-state index contributed by atoms with van der Waals surface area (Å²) >= 11 is 0. The highest BCUT2D eigenvalue weighted by molar-refractivity contribution is 5.94. The molecular formula is C17H15N5O. The van der Waals surface area contributed by atoms with Crippen LogP contribution in [0.3, 0.4) is 0 Å². The Kier molecular flexibility index (Phi) is 3.27. The summed E-state index contributed by atoms with van der Waals surface area (Å²) in [6.07, 6.45) is 6.08. The van der Waals surface area contributed by atoms with Crippen molar-refractivity contribution in [1.29, 1.82) is 0 Å². The smallest absolute Gasteiger partial charge is 0.136 e. The number of phenols is 1. The van der Waals surface area contributed by atoms with Crippen molar-refractivity contribution >= 4 is 5.84 Å². The highest BCUT2D eigenvalue weighted by atomic mass is 16.3. The van der Waals surface area contributed by atoms with Crippen molar-refractivity contribution in [2.45, 2.75) is 13.0 Å². The van der Waals surface area contributed by atoms with E-state index in [4.69, 9.17) is 0 Å². The number of nitrogens with one attached hydrogen (secondary N) is 1. The lowest BCUT2D eigenvalue weighted by Crippen LogP contribution is -2.16.